The molecule has 0 aromatic rings. The van der Waals surface area contributed by atoms with E-state index < -0.39 is 6.29 Å². The Balaban J connectivity index is 3.16. The van der Waals surface area contributed by atoms with E-state index in [9.17, 15) is 5.11 Å². The van der Waals surface area contributed by atoms with Crippen LogP contribution < -0.4 is 5.32 Å². The molecule has 0 heterocycles. The van der Waals surface area contributed by atoms with Crippen molar-refractivity contribution in [3.63, 3.8) is 0 Å². The molecule has 2 unspecified atom stereocenters. The summed E-state index contributed by atoms with van der Waals surface area (Å²) in [4.78, 5) is 0. The van der Waals surface area contributed by atoms with Gasteiger partial charge in [0.2, 0.25) is 0 Å². The Morgan fingerprint density at radius 1 is 1.50 bits per heavy atom. The zero-order chi connectivity index (χ0) is 7.98. The van der Waals surface area contributed by atoms with Gasteiger partial charge in [-0.05, 0) is 26.8 Å². The van der Waals surface area contributed by atoms with Crippen molar-refractivity contribution in [2.75, 3.05) is 6.54 Å². The topological polar surface area (TPSA) is 41.2 Å². The summed E-state index contributed by atoms with van der Waals surface area (Å²) >= 11 is 0. The maximum atomic E-state index is 10.4. The van der Waals surface area contributed by atoms with Crippen LogP contribution in [0.25, 0.3) is 0 Å². The highest BCUT2D eigenvalue weighted by Crippen LogP contribution is 1.91. The molecule has 0 rings (SSSR count). The molecule has 0 bridgehead atoms. The quantitative estimate of drug-likeness (QED) is 0.590. The molecule has 0 fully saturated rings. The molecule has 3 heteroatoms. The third kappa shape index (κ3) is 6.01. The summed E-state index contributed by atoms with van der Waals surface area (Å²) in [5.74, 6) is 0. The Labute approximate surface area is 62.4 Å². The minimum atomic E-state index is -0.931. The van der Waals surface area contributed by atoms with Crippen molar-refractivity contribution in [2.24, 2.45) is 0 Å². The molecule has 61 valence electrons. The fraction of sp³-hybridized carbons (Fsp3) is 1.00. The summed E-state index contributed by atoms with van der Waals surface area (Å²) < 4.78 is 4.89. The number of ether oxygens (including phenoxy) is 1. The third-order valence-corrected chi connectivity index (χ3v) is 1.08. The van der Waals surface area contributed by atoms with Crippen LogP contribution in [0.5, 0.6) is 0 Å². The fourth-order valence-corrected chi connectivity index (χ4v) is 0.683. The molecular formula is C7H16NO2. The Kier molecular flexibility index (Phi) is 5.58. The van der Waals surface area contributed by atoms with Gasteiger partial charge < -0.3 is 4.74 Å². The summed E-state index contributed by atoms with van der Waals surface area (Å²) in [6.07, 6.45) is 0.00723. The summed E-state index contributed by atoms with van der Waals surface area (Å²) in [5.41, 5.74) is 0. The fourth-order valence-electron chi connectivity index (χ4n) is 0.683. The van der Waals surface area contributed by atoms with Crippen molar-refractivity contribution in [3.8, 4) is 0 Å². The summed E-state index contributed by atoms with van der Waals surface area (Å²) in [6, 6.07) is 0. The minimum Gasteiger partial charge on any atom is -0.332 e. The average Bonchev–Trinajstić information content (AvgIpc) is 1.82. The van der Waals surface area contributed by atoms with Gasteiger partial charge in [-0.2, -0.15) is 0 Å². The van der Waals surface area contributed by atoms with E-state index in [0.29, 0.717) is 0 Å². The summed E-state index contributed by atoms with van der Waals surface area (Å²) in [6.45, 7) is 6.29. The first-order valence-electron chi connectivity index (χ1n) is 3.71. The van der Waals surface area contributed by atoms with Crippen molar-refractivity contribution in [1.82, 2.24) is 5.32 Å². The van der Waals surface area contributed by atoms with E-state index in [4.69, 9.17) is 4.74 Å². The van der Waals surface area contributed by atoms with Crippen LogP contribution in [0, 0.1) is 0 Å². The number of nitrogens with one attached hydrogen (secondary N) is 1. The number of rotatable bonds is 5. The van der Waals surface area contributed by atoms with Gasteiger partial charge in [0.05, 0.1) is 0 Å². The maximum absolute atomic E-state index is 10.4. The standard InChI is InChI=1S/C7H16NO2/c1-4-5-8-6(2)10-7(3)9/h6-8H,4-5H2,1-3H3. The van der Waals surface area contributed by atoms with Crippen molar-refractivity contribution in [3.05, 3.63) is 0 Å². The molecule has 0 saturated carbocycles. The van der Waals surface area contributed by atoms with Crippen molar-refractivity contribution in [2.45, 2.75) is 39.7 Å². The zero-order valence-electron chi connectivity index (χ0n) is 6.89. The van der Waals surface area contributed by atoms with Crippen molar-refractivity contribution in [1.29, 1.82) is 0 Å². The van der Waals surface area contributed by atoms with Gasteiger partial charge in [-0.1, -0.05) is 6.92 Å². The first-order chi connectivity index (χ1) is 4.66. The van der Waals surface area contributed by atoms with Crippen LogP contribution in [0.1, 0.15) is 27.2 Å². The SMILES string of the molecule is CCCNC(C)OC(C)[O]. The molecular weight excluding hydrogens is 130 g/mol. The Hall–Kier alpha value is -0.120. The minimum absolute atomic E-state index is 0.118. The van der Waals surface area contributed by atoms with Crippen LogP contribution in [0.15, 0.2) is 0 Å². The molecule has 0 spiro atoms. The van der Waals surface area contributed by atoms with E-state index in [0.717, 1.165) is 13.0 Å². The van der Waals surface area contributed by atoms with Crippen molar-refractivity contribution >= 4 is 0 Å². The van der Waals surface area contributed by atoms with Gasteiger partial charge >= 0.3 is 0 Å². The predicted octanol–water partition coefficient (Wildman–Crippen LogP) is 1.13. The Bertz CT molecular complexity index is 76.0. The second-order valence-electron chi connectivity index (χ2n) is 2.30. The molecule has 0 aliphatic heterocycles. The third-order valence-electron chi connectivity index (χ3n) is 1.08. The molecule has 1 N–H and O–H groups in total. The van der Waals surface area contributed by atoms with Gasteiger partial charge in [0.1, 0.15) is 6.23 Å². The van der Waals surface area contributed by atoms with Gasteiger partial charge in [-0.25, -0.2) is 5.11 Å². The molecule has 0 aromatic heterocycles. The molecule has 3 nitrogen and oxygen atoms in total. The van der Waals surface area contributed by atoms with Crippen molar-refractivity contribution < 1.29 is 9.84 Å². The lowest BCUT2D eigenvalue weighted by atomic mass is 10.4. The smallest absolute Gasteiger partial charge is 0.190 e. The van der Waals surface area contributed by atoms with E-state index in [2.05, 4.69) is 12.2 Å². The average molecular weight is 146 g/mol. The monoisotopic (exact) mass is 146 g/mol. The highest BCUT2D eigenvalue weighted by atomic mass is 16.6. The molecule has 0 aliphatic rings. The lowest BCUT2D eigenvalue weighted by Crippen LogP contribution is -2.31. The Morgan fingerprint density at radius 2 is 2.10 bits per heavy atom. The molecule has 10 heavy (non-hydrogen) atoms. The van der Waals surface area contributed by atoms with E-state index in [1.165, 1.54) is 6.92 Å². The van der Waals surface area contributed by atoms with Gasteiger partial charge in [0.25, 0.3) is 0 Å². The Morgan fingerprint density at radius 3 is 2.50 bits per heavy atom. The van der Waals surface area contributed by atoms with Gasteiger partial charge in [0, 0.05) is 0 Å². The van der Waals surface area contributed by atoms with Gasteiger partial charge in [-0.15, -0.1) is 0 Å². The normalized spacial score (nSPS) is 16.8. The molecule has 0 aromatic carbocycles. The van der Waals surface area contributed by atoms with Gasteiger partial charge in [0.15, 0.2) is 6.29 Å². The lowest BCUT2D eigenvalue weighted by molar-refractivity contribution is -0.161. The van der Waals surface area contributed by atoms with E-state index in [-0.39, 0.29) is 6.23 Å². The van der Waals surface area contributed by atoms with E-state index in [1.807, 2.05) is 6.92 Å². The second kappa shape index (κ2) is 5.65. The molecule has 0 amide bonds. The zero-order valence-corrected chi connectivity index (χ0v) is 6.89. The number of hydrogen-bond donors (Lipinski definition) is 1. The largest absolute Gasteiger partial charge is 0.332 e. The second-order valence-corrected chi connectivity index (χ2v) is 2.30. The van der Waals surface area contributed by atoms with Crippen LogP contribution in [0.2, 0.25) is 0 Å². The maximum Gasteiger partial charge on any atom is 0.190 e. The van der Waals surface area contributed by atoms with E-state index in [1.54, 1.807) is 0 Å². The van der Waals surface area contributed by atoms with Gasteiger partial charge in [-0.3, -0.25) is 5.32 Å². The van der Waals surface area contributed by atoms with Crippen LogP contribution in [-0.4, -0.2) is 19.1 Å². The van der Waals surface area contributed by atoms with Crippen LogP contribution >= 0.6 is 0 Å². The first-order valence-corrected chi connectivity index (χ1v) is 3.71. The predicted molar refractivity (Wildman–Crippen MR) is 39.0 cm³/mol. The molecule has 2 atom stereocenters. The summed E-state index contributed by atoms with van der Waals surface area (Å²) in [7, 11) is 0. The molecule has 1 radical (unpaired) electrons. The summed E-state index contributed by atoms with van der Waals surface area (Å²) in [5, 5.41) is 13.5. The first kappa shape index (κ1) is 9.88. The number of hydrogen-bond acceptors (Lipinski definition) is 2. The molecule has 0 saturated heterocycles. The van der Waals surface area contributed by atoms with Crippen LogP contribution in [-0.2, 0) is 9.84 Å². The molecule has 0 aliphatic carbocycles. The highest BCUT2D eigenvalue weighted by molar-refractivity contribution is 4.46. The van der Waals surface area contributed by atoms with Crippen LogP contribution in [0.4, 0.5) is 0 Å². The van der Waals surface area contributed by atoms with Crippen LogP contribution in [0.3, 0.4) is 0 Å². The highest BCUT2D eigenvalue weighted by Gasteiger charge is 2.03. The lowest BCUT2D eigenvalue weighted by Gasteiger charge is -2.14. The van der Waals surface area contributed by atoms with E-state index >= 15 is 0 Å².